The largest absolute Gasteiger partial charge is 0.497 e. The predicted octanol–water partition coefficient (Wildman–Crippen LogP) is 4.56. The Bertz CT molecular complexity index is 1200. The van der Waals surface area contributed by atoms with Gasteiger partial charge in [0.1, 0.15) is 11.6 Å². The number of benzene rings is 3. The lowest BCUT2D eigenvalue weighted by atomic mass is 10.1. The number of rotatable bonds is 9. The molecule has 3 aromatic carbocycles. The molecule has 0 aliphatic rings. The number of hydrogen-bond donors (Lipinski definition) is 1. The van der Waals surface area contributed by atoms with Gasteiger partial charge in [0.2, 0.25) is 15.9 Å². The summed E-state index contributed by atoms with van der Waals surface area (Å²) in [6, 6.07) is 18.2. The lowest BCUT2D eigenvalue weighted by molar-refractivity contribution is -0.122. The van der Waals surface area contributed by atoms with E-state index >= 15 is 0 Å². The van der Waals surface area contributed by atoms with Crippen LogP contribution >= 0.6 is 11.6 Å². The number of carbonyl (C=O) groups is 1. The zero-order chi connectivity index (χ0) is 24.0. The second kappa shape index (κ2) is 10.8. The Balaban J connectivity index is 1.83. The molecule has 1 amide bonds. The average molecular weight is 491 g/mol. The van der Waals surface area contributed by atoms with Crippen LogP contribution in [0.1, 0.15) is 24.1 Å². The zero-order valence-corrected chi connectivity index (χ0v) is 19.7. The minimum atomic E-state index is -4.11. The molecule has 33 heavy (non-hydrogen) atoms. The molecule has 0 aromatic heterocycles. The van der Waals surface area contributed by atoms with E-state index in [4.69, 9.17) is 16.3 Å². The van der Waals surface area contributed by atoms with Gasteiger partial charge in [-0.1, -0.05) is 41.9 Å². The summed E-state index contributed by atoms with van der Waals surface area (Å²) in [6.07, 6.45) is 0. The molecular formula is C24H24ClFN2O4S. The van der Waals surface area contributed by atoms with Crippen LogP contribution in [0, 0.1) is 5.82 Å². The fourth-order valence-electron chi connectivity index (χ4n) is 3.22. The summed E-state index contributed by atoms with van der Waals surface area (Å²) >= 11 is 5.88. The Morgan fingerprint density at radius 2 is 1.70 bits per heavy atom. The minimum absolute atomic E-state index is 0.0424. The van der Waals surface area contributed by atoms with E-state index in [0.717, 1.165) is 9.87 Å². The number of amides is 1. The number of carbonyl (C=O) groups excluding carboxylic acids is 1. The average Bonchev–Trinajstić information content (AvgIpc) is 2.80. The Morgan fingerprint density at radius 1 is 1.06 bits per heavy atom. The maximum atomic E-state index is 14.3. The predicted molar refractivity (Wildman–Crippen MR) is 125 cm³/mol. The van der Waals surface area contributed by atoms with Crippen LogP contribution in [-0.2, 0) is 21.4 Å². The van der Waals surface area contributed by atoms with Gasteiger partial charge in [-0.25, -0.2) is 12.8 Å². The van der Waals surface area contributed by atoms with Crippen molar-refractivity contribution in [3.63, 3.8) is 0 Å². The molecule has 0 heterocycles. The second-order valence-electron chi connectivity index (χ2n) is 7.38. The van der Waals surface area contributed by atoms with E-state index in [-0.39, 0.29) is 23.0 Å². The summed E-state index contributed by atoms with van der Waals surface area (Å²) in [5.74, 6) is -0.393. The maximum absolute atomic E-state index is 14.3. The molecule has 0 aliphatic carbocycles. The van der Waals surface area contributed by atoms with Crippen molar-refractivity contribution >= 4 is 27.5 Å². The number of ether oxygens (including phenoxy) is 1. The van der Waals surface area contributed by atoms with E-state index in [9.17, 15) is 17.6 Å². The van der Waals surface area contributed by atoms with Gasteiger partial charge in [-0.2, -0.15) is 4.31 Å². The topological polar surface area (TPSA) is 75.7 Å². The molecule has 3 rings (SSSR count). The van der Waals surface area contributed by atoms with Crippen molar-refractivity contribution < 1.29 is 22.3 Å². The highest BCUT2D eigenvalue weighted by Gasteiger charge is 2.28. The lowest BCUT2D eigenvalue weighted by Gasteiger charge is -2.23. The number of halogens is 2. The van der Waals surface area contributed by atoms with E-state index in [1.807, 2.05) is 12.1 Å². The number of nitrogens with zero attached hydrogens (tertiary/aromatic N) is 1. The third-order valence-corrected chi connectivity index (χ3v) is 7.13. The molecule has 6 nitrogen and oxygen atoms in total. The van der Waals surface area contributed by atoms with Gasteiger partial charge >= 0.3 is 0 Å². The summed E-state index contributed by atoms with van der Waals surface area (Å²) in [5.41, 5.74) is 0.983. The summed E-state index contributed by atoms with van der Waals surface area (Å²) in [4.78, 5) is 12.8. The highest BCUT2D eigenvalue weighted by atomic mass is 35.5. The summed E-state index contributed by atoms with van der Waals surface area (Å²) in [5, 5.41) is 3.17. The Kier molecular flexibility index (Phi) is 8.07. The number of nitrogens with one attached hydrogen (secondary N) is 1. The van der Waals surface area contributed by atoms with Crippen LogP contribution in [0.4, 0.5) is 4.39 Å². The number of sulfonamides is 1. The van der Waals surface area contributed by atoms with E-state index in [0.29, 0.717) is 10.8 Å². The standard InChI is InChI=1S/C24H24ClFN2O4S/c1-17(18-7-11-21(32-2)12-8-18)27-24(29)16-28(15-19-5-3-4-6-23(19)26)33(30,31)22-13-9-20(25)10-14-22/h3-14,17H,15-16H2,1-2H3,(H,27,29). The Hall–Kier alpha value is -2.94. The lowest BCUT2D eigenvalue weighted by Crippen LogP contribution is -2.41. The van der Waals surface area contributed by atoms with Gasteiger partial charge in [0.25, 0.3) is 0 Å². The Labute approximate surface area is 198 Å². The van der Waals surface area contributed by atoms with Gasteiger partial charge in [-0.3, -0.25) is 4.79 Å². The molecule has 0 saturated carbocycles. The van der Waals surface area contributed by atoms with Gasteiger partial charge in [0.15, 0.2) is 0 Å². The highest BCUT2D eigenvalue weighted by molar-refractivity contribution is 7.89. The number of methoxy groups -OCH3 is 1. The fourth-order valence-corrected chi connectivity index (χ4v) is 4.72. The molecule has 0 saturated heterocycles. The van der Waals surface area contributed by atoms with E-state index in [1.165, 1.54) is 42.5 Å². The normalized spacial score (nSPS) is 12.4. The first kappa shape index (κ1) is 24.7. The molecule has 0 radical (unpaired) electrons. The molecular weight excluding hydrogens is 467 g/mol. The third kappa shape index (κ3) is 6.31. The fraction of sp³-hybridized carbons (Fsp3) is 0.208. The third-order valence-electron chi connectivity index (χ3n) is 5.07. The van der Waals surface area contributed by atoms with Crippen molar-refractivity contribution in [1.29, 1.82) is 0 Å². The van der Waals surface area contributed by atoms with Crippen molar-refractivity contribution in [2.75, 3.05) is 13.7 Å². The first-order valence-corrected chi connectivity index (χ1v) is 11.9. The monoisotopic (exact) mass is 490 g/mol. The van der Waals surface area contributed by atoms with Crippen LogP contribution in [0.15, 0.2) is 77.7 Å². The second-order valence-corrected chi connectivity index (χ2v) is 9.76. The molecule has 1 N–H and O–H groups in total. The molecule has 9 heteroatoms. The first-order chi connectivity index (χ1) is 15.7. The van der Waals surface area contributed by atoms with Crippen LogP contribution in [-0.4, -0.2) is 32.3 Å². The molecule has 174 valence electrons. The van der Waals surface area contributed by atoms with Crippen LogP contribution in [0.2, 0.25) is 5.02 Å². The quantitative estimate of drug-likeness (QED) is 0.477. The Morgan fingerprint density at radius 3 is 2.30 bits per heavy atom. The number of hydrogen-bond acceptors (Lipinski definition) is 4. The van der Waals surface area contributed by atoms with Gasteiger partial charge in [0, 0.05) is 17.1 Å². The highest BCUT2D eigenvalue weighted by Crippen LogP contribution is 2.22. The van der Waals surface area contributed by atoms with Crippen LogP contribution in [0.3, 0.4) is 0 Å². The molecule has 0 spiro atoms. The van der Waals surface area contributed by atoms with Crippen LogP contribution in [0.5, 0.6) is 5.75 Å². The van der Waals surface area contributed by atoms with Gasteiger partial charge in [0.05, 0.1) is 24.6 Å². The molecule has 1 atom stereocenters. The van der Waals surface area contributed by atoms with Crippen molar-refractivity contribution in [2.24, 2.45) is 0 Å². The van der Waals surface area contributed by atoms with Crippen LogP contribution in [0.25, 0.3) is 0 Å². The smallest absolute Gasteiger partial charge is 0.243 e. The van der Waals surface area contributed by atoms with Crippen molar-refractivity contribution in [3.05, 3.63) is 94.8 Å². The summed E-state index contributed by atoms with van der Waals surface area (Å²) in [6.45, 7) is 0.996. The van der Waals surface area contributed by atoms with Crippen molar-refractivity contribution in [1.82, 2.24) is 9.62 Å². The van der Waals surface area contributed by atoms with E-state index in [1.54, 1.807) is 32.2 Å². The molecule has 1 unspecified atom stereocenters. The van der Waals surface area contributed by atoms with Crippen molar-refractivity contribution in [3.8, 4) is 5.75 Å². The first-order valence-electron chi connectivity index (χ1n) is 10.1. The van der Waals surface area contributed by atoms with Gasteiger partial charge in [-0.05, 0) is 55.0 Å². The summed E-state index contributed by atoms with van der Waals surface area (Å²) in [7, 11) is -2.55. The minimum Gasteiger partial charge on any atom is -0.497 e. The van der Waals surface area contributed by atoms with E-state index in [2.05, 4.69) is 5.32 Å². The molecule has 0 fully saturated rings. The van der Waals surface area contributed by atoms with Crippen molar-refractivity contribution in [2.45, 2.75) is 24.4 Å². The molecule has 3 aromatic rings. The van der Waals surface area contributed by atoms with Gasteiger partial charge in [-0.15, -0.1) is 0 Å². The maximum Gasteiger partial charge on any atom is 0.243 e. The SMILES string of the molecule is COc1ccc(C(C)NC(=O)CN(Cc2ccccc2F)S(=O)(=O)c2ccc(Cl)cc2)cc1. The molecule has 0 aliphatic heterocycles. The zero-order valence-electron chi connectivity index (χ0n) is 18.2. The molecule has 0 bridgehead atoms. The van der Waals surface area contributed by atoms with Crippen LogP contribution < -0.4 is 10.1 Å². The van der Waals surface area contributed by atoms with E-state index < -0.39 is 28.3 Å². The summed E-state index contributed by atoms with van der Waals surface area (Å²) < 4.78 is 46.9. The van der Waals surface area contributed by atoms with Gasteiger partial charge < -0.3 is 10.1 Å².